The molecular weight excluding hydrogens is 379 g/mol. The Balaban J connectivity index is 1.90. The van der Waals surface area contributed by atoms with E-state index in [0.29, 0.717) is 11.3 Å². The number of hydrogen-bond acceptors (Lipinski definition) is 3. The molecule has 0 aliphatic rings. The van der Waals surface area contributed by atoms with Gasteiger partial charge < -0.3 is 5.32 Å². The second kappa shape index (κ2) is 7.82. The Morgan fingerprint density at radius 2 is 1.68 bits per heavy atom. The van der Waals surface area contributed by atoms with Crippen LogP contribution >= 0.6 is 0 Å². The Morgan fingerprint density at radius 3 is 2.39 bits per heavy atom. The van der Waals surface area contributed by atoms with E-state index >= 15 is 0 Å². The zero-order valence-electron chi connectivity index (χ0n) is 15.4. The van der Waals surface area contributed by atoms with Gasteiger partial charge in [-0.25, -0.2) is 12.8 Å². The highest BCUT2D eigenvalue weighted by Gasteiger charge is 2.19. The normalized spacial score (nSPS) is 11.1. The molecule has 0 unspecified atom stereocenters. The summed E-state index contributed by atoms with van der Waals surface area (Å²) in [5.74, 6) is -1.11. The largest absolute Gasteiger partial charge is 0.322 e. The monoisotopic (exact) mass is 398 g/mol. The number of aryl methyl sites for hydroxylation is 2. The predicted molar refractivity (Wildman–Crippen MR) is 108 cm³/mol. The van der Waals surface area contributed by atoms with E-state index in [1.165, 1.54) is 30.3 Å². The van der Waals surface area contributed by atoms with E-state index in [4.69, 9.17) is 0 Å². The first kappa shape index (κ1) is 19.6. The molecule has 0 aliphatic heterocycles. The van der Waals surface area contributed by atoms with E-state index in [2.05, 4.69) is 10.0 Å². The molecule has 0 saturated carbocycles. The minimum atomic E-state index is -4.06. The van der Waals surface area contributed by atoms with Crippen LogP contribution in [0.25, 0.3) is 0 Å². The van der Waals surface area contributed by atoms with Gasteiger partial charge >= 0.3 is 0 Å². The van der Waals surface area contributed by atoms with Crippen molar-refractivity contribution in [2.45, 2.75) is 18.7 Å². The fourth-order valence-electron chi connectivity index (χ4n) is 2.68. The number of nitrogens with one attached hydrogen (secondary N) is 2. The lowest BCUT2D eigenvalue weighted by Gasteiger charge is -2.12. The lowest BCUT2D eigenvalue weighted by Crippen LogP contribution is -2.17. The van der Waals surface area contributed by atoms with Crippen LogP contribution in [0.15, 0.2) is 71.6 Å². The van der Waals surface area contributed by atoms with Crippen molar-refractivity contribution in [1.29, 1.82) is 0 Å². The molecule has 144 valence electrons. The van der Waals surface area contributed by atoms with Crippen LogP contribution in [0.4, 0.5) is 15.8 Å². The standard InChI is InChI=1S/C21H19FN2O3S/c1-14-6-5-7-16(12-14)23-21(25)18-13-17(11-10-15(18)2)28(26,27)24-20-9-4-3-8-19(20)22/h3-13,24H,1-2H3,(H,23,25). The van der Waals surface area contributed by atoms with Gasteiger partial charge in [0, 0.05) is 11.3 Å². The van der Waals surface area contributed by atoms with Gasteiger partial charge in [-0.05, 0) is 61.4 Å². The van der Waals surface area contributed by atoms with Gasteiger partial charge in [-0.2, -0.15) is 0 Å². The molecule has 3 aromatic rings. The molecular formula is C21H19FN2O3S. The van der Waals surface area contributed by atoms with Crippen LogP contribution in [-0.4, -0.2) is 14.3 Å². The third kappa shape index (κ3) is 4.37. The summed E-state index contributed by atoms with van der Waals surface area (Å²) < 4.78 is 41.3. The van der Waals surface area contributed by atoms with Gasteiger partial charge in [0.25, 0.3) is 15.9 Å². The van der Waals surface area contributed by atoms with E-state index in [9.17, 15) is 17.6 Å². The lowest BCUT2D eigenvalue weighted by molar-refractivity contribution is 0.102. The summed E-state index contributed by atoms with van der Waals surface area (Å²) >= 11 is 0. The van der Waals surface area contributed by atoms with Crippen molar-refractivity contribution in [2.24, 2.45) is 0 Å². The molecule has 3 rings (SSSR count). The summed E-state index contributed by atoms with van der Waals surface area (Å²) in [5.41, 5.74) is 2.28. The summed E-state index contributed by atoms with van der Waals surface area (Å²) in [6, 6.07) is 17.0. The molecule has 0 aromatic heterocycles. The van der Waals surface area contributed by atoms with E-state index in [1.807, 2.05) is 25.1 Å². The maximum atomic E-state index is 13.8. The van der Waals surface area contributed by atoms with Gasteiger partial charge in [-0.3, -0.25) is 9.52 Å². The first-order valence-corrected chi connectivity index (χ1v) is 10.0. The number of carbonyl (C=O) groups excluding carboxylic acids is 1. The molecule has 0 bridgehead atoms. The molecule has 7 heteroatoms. The zero-order chi connectivity index (χ0) is 20.3. The van der Waals surface area contributed by atoms with Crippen LogP contribution in [0.5, 0.6) is 0 Å². The van der Waals surface area contributed by atoms with Gasteiger partial charge in [0.15, 0.2) is 0 Å². The topological polar surface area (TPSA) is 75.3 Å². The molecule has 0 spiro atoms. The van der Waals surface area contributed by atoms with Crippen molar-refractivity contribution >= 4 is 27.3 Å². The lowest BCUT2D eigenvalue weighted by atomic mass is 10.1. The molecule has 0 saturated heterocycles. The molecule has 0 aliphatic carbocycles. The number of benzene rings is 3. The number of hydrogen-bond donors (Lipinski definition) is 2. The second-order valence-electron chi connectivity index (χ2n) is 6.39. The minimum absolute atomic E-state index is 0.129. The van der Waals surface area contributed by atoms with Crippen molar-refractivity contribution in [1.82, 2.24) is 0 Å². The fraction of sp³-hybridized carbons (Fsp3) is 0.0952. The van der Waals surface area contributed by atoms with Crippen LogP contribution < -0.4 is 10.0 Å². The number of carbonyl (C=O) groups is 1. The van der Waals surface area contributed by atoms with Crippen LogP contribution in [0, 0.1) is 19.7 Å². The average Bonchev–Trinajstić information content (AvgIpc) is 2.63. The predicted octanol–water partition coefficient (Wildman–Crippen LogP) is 4.50. The Hall–Kier alpha value is -3.19. The SMILES string of the molecule is Cc1cccc(NC(=O)c2cc(S(=O)(=O)Nc3ccccc3F)ccc2C)c1. The smallest absolute Gasteiger partial charge is 0.262 e. The van der Waals surface area contributed by atoms with Gasteiger partial charge in [-0.1, -0.05) is 30.3 Å². The number of sulfonamides is 1. The molecule has 0 fully saturated rings. The molecule has 0 heterocycles. The Bertz CT molecular complexity index is 1140. The highest BCUT2D eigenvalue weighted by Crippen LogP contribution is 2.22. The maximum Gasteiger partial charge on any atom is 0.262 e. The Morgan fingerprint density at radius 1 is 0.929 bits per heavy atom. The van der Waals surface area contributed by atoms with Crippen molar-refractivity contribution in [3.63, 3.8) is 0 Å². The summed E-state index contributed by atoms with van der Waals surface area (Å²) in [7, 11) is -4.06. The summed E-state index contributed by atoms with van der Waals surface area (Å²) in [6.07, 6.45) is 0. The maximum absolute atomic E-state index is 13.8. The number of rotatable bonds is 5. The molecule has 0 atom stereocenters. The summed E-state index contributed by atoms with van der Waals surface area (Å²) in [4.78, 5) is 12.5. The highest BCUT2D eigenvalue weighted by molar-refractivity contribution is 7.92. The summed E-state index contributed by atoms with van der Waals surface area (Å²) in [6.45, 7) is 3.62. The molecule has 0 radical (unpaired) electrons. The van der Waals surface area contributed by atoms with Crippen molar-refractivity contribution < 1.29 is 17.6 Å². The number of halogens is 1. The van der Waals surface area contributed by atoms with Gasteiger partial charge in [0.05, 0.1) is 10.6 Å². The Labute approximate surface area is 163 Å². The van der Waals surface area contributed by atoms with Gasteiger partial charge in [-0.15, -0.1) is 0 Å². The van der Waals surface area contributed by atoms with E-state index in [1.54, 1.807) is 19.1 Å². The van der Waals surface area contributed by atoms with Crippen LogP contribution in [0.1, 0.15) is 21.5 Å². The molecule has 28 heavy (non-hydrogen) atoms. The third-order valence-corrected chi connectivity index (χ3v) is 5.52. The van der Waals surface area contributed by atoms with Crippen molar-refractivity contribution in [3.8, 4) is 0 Å². The summed E-state index contributed by atoms with van der Waals surface area (Å²) in [5, 5.41) is 2.76. The quantitative estimate of drug-likeness (QED) is 0.665. The number of anilines is 2. The van der Waals surface area contributed by atoms with Crippen molar-refractivity contribution in [2.75, 3.05) is 10.0 Å². The van der Waals surface area contributed by atoms with Gasteiger partial charge in [0.2, 0.25) is 0 Å². The Kier molecular flexibility index (Phi) is 5.46. The molecule has 5 nitrogen and oxygen atoms in total. The number of para-hydroxylation sites is 1. The van der Waals surface area contributed by atoms with Crippen LogP contribution in [-0.2, 0) is 10.0 Å². The van der Waals surface area contributed by atoms with Gasteiger partial charge in [0.1, 0.15) is 5.82 Å². The molecule has 3 aromatic carbocycles. The van der Waals surface area contributed by atoms with Crippen molar-refractivity contribution in [3.05, 3.63) is 89.2 Å². The average molecular weight is 398 g/mol. The van der Waals surface area contributed by atoms with Crippen LogP contribution in [0.3, 0.4) is 0 Å². The number of amides is 1. The highest BCUT2D eigenvalue weighted by atomic mass is 32.2. The van der Waals surface area contributed by atoms with E-state index in [-0.39, 0.29) is 16.1 Å². The second-order valence-corrected chi connectivity index (χ2v) is 8.07. The fourth-order valence-corrected chi connectivity index (χ4v) is 3.77. The van der Waals surface area contributed by atoms with E-state index < -0.39 is 21.7 Å². The first-order valence-electron chi connectivity index (χ1n) is 8.52. The van der Waals surface area contributed by atoms with Crippen LogP contribution in [0.2, 0.25) is 0 Å². The zero-order valence-corrected chi connectivity index (χ0v) is 16.2. The molecule has 1 amide bonds. The first-order chi connectivity index (χ1) is 13.3. The minimum Gasteiger partial charge on any atom is -0.322 e. The van der Waals surface area contributed by atoms with E-state index in [0.717, 1.165) is 11.6 Å². The third-order valence-electron chi connectivity index (χ3n) is 4.16. The molecule has 2 N–H and O–H groups in total.